The van der Waals surface area contributed by atoms with Gasteiger partial charge in [-0.05, 0) is 7.05 Å². The first kappa shape index (κ1) is 10.7. The second kappa shape index (κ2) is 6.45. The Morgan fingerprint density at radius 1 is 1.82 bits per heavy atom. The van der Waals surface area contributed by atoms with E-state index < -0.39 is 0 Å². The Morgan fingerprint density at radius 3 is 2.82 bits per heavy atom. The third-order valence-electron chi connectivity index (χ3n) is 1.21. The predicted octanol–water partition coefficient (Wildman–Crippen LogP) is -1.21. The second-order valence-electron chi connectivity index (χ2n) is 2.04. The number of carbonyl (C=O) groups excluding carboxylic acids is 1. The van der Waals surface area contributed by atoms with Crippen molar-refractivity contribution in [2.24, 2.45) is 5.73 Å². The van der Waals surface area contributed by atoms with E-state index in [1.54, 1.807) is 7.05 Å². The summed E-state index contributed by atoms with van der Waals surface area (Å²) < 4.78 is 0. The molecule has 0 aliphatic rings. The van der Waals surface area contributed by atoms with Crippen LogP contribution in [-0.2, 0) is 4.79 Å². The number of nitrogens with two attached hydrogens (primary N) is 1. The molecule has 1 unspecified atom stereocenters. The molecule has 0 heterocycles. The highest BCUT2D eigenvalue weighted by Crippen LogP contribution is 2.00. The van der Waals surface area contributed by atoms with Crippen LogP contribution in [0.4, 0.5) is 0 Å². The van der Waals surface area contributed by atoms with Gasteiger partial charge in [0.25, 0.3) is 0 Å². The number of amides is 1. The fraction of sp³-hybridized carbons (Fsp3) is 0.833. The highest BCUT2D eigenvalue weighted by atomic mass is 32.2. The Balaban J connectivity index is 3.44. The molecule has 11 heavy (non-hydrogen) atoms. The highest BCUT2D eigenvalue weighted by molar-refractivity contribution is 7.99. The summed E-state index contributed by atoms with van der Waals surface area (Å²) in [5.74, 6) is 0.913. The molecule has 4 nitrogen and oxygen atoms in total. The summed E-state index contributed by atoms with van der Waals surface area (Å²) in [5.41, 5.74) is 5.05. The van der Waals surface area contributed by atoms with E-state index in [1.165, 1.54) is 11.8 Å². The largest absolute Gasteiger partial charge is 0.396 e. The van der Waals surface area contributed by atoms with Gasteiger partial charge in [-0.25, -0.2) is 0 Å². The minimum Gasteiger partial charge on any atom is -0.396 e. The van der Waals surface area contributed by atoms with Gasteiger partial charge in [-0.3, -0.25) is 4.79 Å². The SMILES string of the molecule is CNC(CSCCO)C(N)=O. The Bertz CT molecular complexity index is 121. The van der Waals surface area contributed by atoms with Gasteiger partial charge in [0.05, 0.1) is 12.6 Å². The molecule has 5 heteroatoms. The lowest BCUT2D eigenvalue weighted by molar-refractivity contribution is -0.119. The summed E-state index contributed by atoms with van der Waals surface area (Å²) in [6, 6.07) is -0.286. The van der Waals surface area contributed by atoms with Gasteiger partial charge in [0.15, 0.2) is 0 Å². The molecule has 0 spiro atoms. The normalized spacial score (nSPS) is 12.9. The summed E-state index contributed by atoms with van der Waals surface area (Å²) in [6.45, 7) is 0.139. The number of rotatable bonds is 6. The zero-order valence-electron chi connectivity index (χ0n) is 6.54. The molecular formula is C6H14N2O2S. The lowest BCUT2D eigenvalue weighted by Gasteiger charge is -2.10. The number of likely N-dealkylation sites (N-methyl/N-ethyl adjacent to an activating group) is 1. The molecule has 4 N–H and O–H groups in total. The van der Waals surface area contributed by atoms with Crippen LogP contribution in [0.1, 0.15) is 0 Å². The van der Waals surface area contributed by atoms with Crippen molar-refractivity contribution in [2.45, 2.75) is 6.04 Å². The van der Waals surface area contributed by atoms with Crippen LogP contribution in [0.25, 0.3) is 0 Å². The maximum atomic E-state index is 10.6. The molecule has 0 saturated heterocycles. The second-order valence-corrected chi connectivity index (χ2v) is 3.19. The average molecular weight is 178 g/mol. The minimum atomic E-state index is -0.349. The molecule has 1 amide bonds. The van der Waals surface area contributed by atoms with E-state index in [1.807, 2.05) is 0 Å². The maximum Gasteiger partial charge on any atom is 0.235 e. The Hall–Kier alpha value is -0.260. The third kappa shape index (κ3) is 5.06. The van der Waals surface area contributed by atoms with Crippen molar-refractivity contribution in [3.63, 3.8) is 0 Å². The number of hydrogen-bond acceptors (Lipinski definition) is 4. The van der Waals surface area contributed by atoms with E-state index in [4.69, 9.17) is 10.8 Å². The molecule has 66 valence electrons. The van der Waals surface area contributed by atoms with Gasteiger partial charge in [0.1, 0.15) is 0 Å². The van der Waals surface area contributed by atoms with Crippen molar-refractivity contribution in [1.29, 1.82) is 0 Å². The number of thioether (sulfide) groups is 1. The van der Waals surface area contributed by atoms with Crippen LogP contribution >= 0.6 is 11.8 Å². The van der Waals surface area contributed by atoms with Crippen molar-refractivity contribution in [2.75, 3.05) is 25.2 Å². The standard InChI is InChI=1S/C6H14N2O2S/c1-8-5(6(7)10)4-11-3-2-9/h5,8-9H,2-4H2,1H3,(H2,7,10). The van der Waals surface area contributed by atoms with Crippen molar-refractivity contribution >= 4 is 17.7 Å². The number of aliphatic hydroxyl groups excluding tert-OH is 1. The summed E-state index contributed by atoms with van der Waals surface area (Å²) in [5, 5.41) is 11.2. The molecule has 0 aromatic heterocycles. The van der Waals surface area contributed by atoms with Gasteiger partial charge in [0.2, 0.25) is 5.91 Å². The van der Waals surface area contributed by atoms with Crippen LogP contribution < -0.4 is 11.1 Å². The van der Waals surface area contributed by atoms with Crippen LogP contribution in [0.15, 0.2) is 0 Å². The van der Waals surface area contributed by atoms with Crippen molar-refractivity contribution in [3.8, 4) is 0 Å². The molecule has 0 rings (SSSR count). The zero-order valence-corrected chi connectivity index (χ0v) is 7.36. The van der Waals surface area contributed by atoms with Gasteiger partial charge in [-0.15, -0.1) is 0 Å². The Morgan fingerprint density at radius 2 is 2.45 bits per heavy atom. The first-order chi connectivity index (χ1) is 5.22. The molecule has 1 atom stereocenters. The van der Waals surface area contributed by atoms with E-state index in [2.05, 4.69) is 5.32 Å². The van der Waals surface area contributed by atoms with Crippen LogP contribution in [0.5, 0.6) is 0 Å². The first-order valence-corrected chi connectivity index (χ1v) is 4.53. The summed E-state index contributed by atoms with van der Waals surface area (Å²) in [4.78, 5) is 10.6. The first-order valence-electron chi connectivity index (χ1n) is 3.37. The minimum absolute atomic E-state index is 0.139. The smallest absolute Gasteiger partial charge is 0.235 e. The van der Waals surface area contributed by atoms with E-state index in [9.17, 15) is 4.79 Å². The van der Waals surface area contributed by atoms with E-state index >= 15 is 0 Å². The Kier molecular flexibility index (Phi) is 6.30. The summed E-state index contributed by atoms with van der Waals surface area (Å²) >= 11 is 1.50. The molecule has 0 aliphatic heterocycles. The third-order valence-corrected chi connectivity index (χ3v) is 2.25. The van der Waals surface area contributed by atoms with Gasteiger partial charge >= 0.3 is 0 Å². The molecule has 0 aromatic carbocycles. The van der Waals surface area contributed by atoms with Gasteiger partial charge in [-0.1, -0.05) is 0 Å². The summed E-state index contributed by atoms with van der Waals surface area (Å²) in [7, 11) is 1.69. The van der Waals surface area contributed by atoms with Crippen LogP contribution in [0.2, 0.25) is 0 Å². The van der Waals surface area contributed by atoms with Crippen molar-refractivity contribution in [1.82, 2.24) is 5.32 Å². The fourth-order valence-corrected chi connectivity index (χ4v) is 1.44. The highest BCUT2D eigenvalue weighted by Gasteiger charge is 2.11. The van der Waals surface area contributed by atoms with Crippen LogP contribution in [0.3, 0.4) is 0 Å². The number of hydrogen-bond donors (Lipinski definition) is 3. The van der Waals surface area contributed by atoms with Crippen LogP contribution in [-0.4, -0.2) is 42.2 Å². The van der Waals surface area contributed by atoms with Gasteiger partial charge in [-0.2, -0.15) is 11.8 Å². The number of primary amides is 1. The van der Waals surface area contributed by atoms with Crippen LogP contribution in [0, 0.1) is 0 Å². The maximum absolute atomic E-state index is 10.6. The molecule has 0 aliphatic carbocycles. The van der Waals surface area contributed by atoms with Crippen molar-refractivity contribution < 1.29 is 9.90 Å². The molecule has 0 fully saturated rings. The predicted molar refractivity (Wildman–Crippen MR) is 46.5 cm³/mol. The van der Waals surface area contributed by atoms with E-state index in [0.29, 0.717) is 11.5 Å². The lowest BCUT2D eigenvalue weighted by atomic mass is 10.3. The van der Waals surface area contributed by atoms with Gasteiger partial charge < -0.3 is 16.2 Å². The molecular weight excluding hydrogens is 164 g/mol. The van der Waals surface area contributed by atoms with E-state index in [-0.39, 0.29) is 18.6 Å². The molecule has 0 radical (unpaired) electrons. The topological polar surface area (TPSA) is 75.3 Å². The number of aliphatic hydroxyl groups is 1. The average Bonchev–Trinajstić information content (AvgIpc) is 1.97. The van der Waals surface area contributed by atoms with Crippen molar-refractivity contribution in [3.05, 3.63) is 0 Å². The molecule has 0 bridgehead atoms. The fourth-order valence-electron chi connectivity index (χ4n) is 0.573. The molecule has 0 saturated carbocycles. The van der Waals surface area contributed by atoms with Gasteiger partial charge in [0, 0.05) is 11.5 Å². The monoisotopic (exact) mass is 178 g/mol. The van der Waals surface area contributed by atoms with E-state index in [0.717, 1.165) is 0 Å². The zero-order chi connectivity index (χ0) is 8.69. The molecule has 0 aromatic rings. The quantitative estimate of drug-likeness (QED) is 0.446. The summed E-state index contributed by atoms with van der Waals surface area (Å²) in [6.07, 6.45) is 0. The number of carbonyl (C=O) groups is 1. The Labute approximate surface area is 70.5 Å². The number of nitrogens with one attached hydrogen (secondary N) is 1. The lowest BCUT2D eigenvalue weighted by Crippen LogP contribution is -2.41.